The lowest BCUT2D eigenvalue weighted by molar-refractivity contribution is 0.0946. The molecule has 0 spiro atoms. The molecule has 0 radical (unpaired) electrons. The highest BCUT2D eigenvalue weighted by atomic mass is 16.7. The van der Waals surface area contributed by atoms with Crippen LogP contribution in [0.5, 0.6) is 11.5 Å². The summed E-state index contributed by atoms with van der Waals surface area (Å²) in [6.45, 7) is 4.54. The maximum Gasteiger partial charge on any atom is 0.269 e. The van der Waals surface area contributed by atoms with Gasteiger partial charge in [0.15, 0.2) is 11.5 Å². The molecule has 1 amide bonds. The van der Waals surface area contributed by atoms with Gasteiger partial charge in [-0.25, -0.2) is 4.68 Å². The zero-order valence-electron chi connectivity index (χ0n) is 17.2. The van der Waals surface area contributed by atoms with Gasteiger partial charge in [-0.1, -0.05) is 18.2 Å². The van der Waals surface area contributed by atoms with E-state index in [1.165, 1.54) is 0 Å². The SMILES string of the molecule is Cc1nn(-c2ccccc2)c(C)c1CNC(=O)c1cc(-c2ccc3c(c2)OCO3)n[nH]1. The highest BCUT2D eigenvalue weighted by Crippen LogP contribution is 2.35. The van der Waals surface area contributed by atoms with E-state index in [1.54, 1.807) is 6.07 Å². The van der Waals surface area contributed by atoms with E-state index in [0.717, 1.165) is 28.2 Å². The number of para-hydroxylation sites is 1. The average molecular weight is 415 g/mol. The predicted molar refractivity (Wildman–Crippen MR) is 114 cm³/mol. The van der Waals surface area contributed by atoms with Crippen molar-refractivity contribution in [2.24, 2.45) is 0 Å². The molecule has 1 aliphatic heterocycles. The van der Waals surface area contributed by atoms with Crippen molar-refractivity contribution in [3.05, 3.63) is 77.2 Å². The second-order valence-electron chi connectivity index (χ2n) is 7.31. The van der Waals surface area contributed by atoms with Crippen LogP contribution in [0.4, 0.5) is 0 Å². The van der Waals surface area contributed by atoms with Crippen molar-refractivity contribution < 1.29 is 14.3 Å². The number of rotatable bonds is 5. The van der Waals surface area contributed by atoms with E-state index in [-0.39, 0.29) is 12.7 Å². The zero-order chi connectivity index (χ0) is 21.4. The van der Waals surface area contributed by atoms with Gasteiger partial charge >= 0.3 is 0 Å². The normalized spacial score (nSPS) is 12.2. The number of hydrogen-bond donors (Lipinski definition) is 2. The summed E-state index contributed by atoms with van der Waals surface area (Å²) in [5.74, 6) is 1.15. The van der Waals surface area contributed by atoms with Crippen LogP contribution in [0.3, 0.4) is 0 Å². The van der Waals surface area contributed by atoms with Gasteiger partial charge in [0.25, 0.3) is 5.91 Å². The minimum absolute atomic E-state index is 0.215. The van der Waals surface area contributed by atoms with Gasteiger partial charge in [0.2, 0.25) is 6.79 Å². The minimum atomic E-state index is -0.231. The Kier molecular flexibility index (Phi) is 4.66. The van der Waals surface area contributed by atoms with E-state index in [2.05, 4.69) is 20.6 Å². The van der Waals surface area contributed by atoms with Crippen LogP contribution in [-0.2, 0) is 6.54 Å². The molecule has 2 aromatic carbocycles. The topological polar surface area (TPSA) is 94.1 Å². The number of aromatic nitrogens is 4. The summed E-state index contributed by atoms with van der Waals surface area (Å²) < 4.78 is 12.6. The molecule has 0 saturated heterocycles. The Morgan fingerprint density at radius 1 is 1.10 bits per heavy atom. The fourth-order valence-electron chi connectivity index (χ4n) is 3.66. The van der Waals surface area contributed by atoms with Crippen molar-refractivity contribution in [1.29, 1.82) is 0 Å². The molecular weight excluding hydrogens is 394 g/mol. The van der Waals surface area contributed by atoms with Crippen LogP contribution in [0, 0.1) is 13.8 Å². The number of ether oxygens (including phenoxy) is 2. The Balaban J connectivity index is 1.30. The van der Waals surface area contributed by atoms with E-state index >= 15 is 0 Å². The van der Waals surface area contributed by atoms with Crippen LogP contribution in [-0.4, -0.2) is 32.7 Å². The first kappa shape index (κ1) is 18.9. The highest BCUT2D eigenvalue weighted by molar-refractivity contribution is 5.93. The molecule has 2 N–H and O–H groups in total. The zero-order valence-corrected chi connectivity index (χ0v) is 17.2. The van der Waals surface area contributed by atoms with Gasteiger partial charge in [-0.15, -0.1) is 0 Å². The van der Waals surface area contributed by atoms with Crippen molar-refractivity contribution in [1.82, 2.24) is 25.3 Å². The molecule has 0 bridgehead atoms. The molecule has 0 aliphatic carbocycles. The van der Waals surface area contributed by atoms with Crippen molar-refractivity contribution in [2.45, 2.75) is 20.4 Å². The molecule has 0 saturated carbocycles. The Hall–Kier alpha value is -4.07. The largest absolute Gasteiger partial charge is 0.454 e. The van der Waals surface area contributed by atoms with Gasteiger partial charge in [0, 0.05) is 23.4 Å². The number of aromatic amines is 1. The summed E-state index contributed by atoms with van der Waals surface area (Å²) in [4.78, 5) is 12.7. The average Bonchev–Trinajstić information content (AvgIpc) is 3.52. The Morgan fingerprint density at radius 3 is 2.74 bits per heavy atom. The van der Waals surface area contributed by atoms with Crippen molar-refractivity contribution in [3.8, 4) is 28.4 Å². The lowest BCUT2D eigenvalue weighted by Gasteiger charge is -2.06. The lowest BCUT2D eigenvalue weighted by Crippen LogP contribution is -2.23. The van der Waals surface area contributed by atoms with Gasteiger partial charge in [0.05, 0.1) is 17.1 Å². The summed E-state index contributed by atoms with van der Waals surface area (Å²) in [6.07, 6.45) is 0. The third-order valence-electron chi connectivity index (χ3n) is 5.36. The van der Waals surface area contributed by atoms with Crippen LogP contribution >= 0.6 is 0 Å². The number of aryl methyl sites for hydroxylation is 1. The second kappa shape index (κ2) is 7.64. The fourth-order valence-corrected chi connectivity index (χ4v) is 3.66. The van der Waals surface area contributed by atoms with E-state index in [1.807, 2.05) is 67.1 Å². The monoisotopic (exact) mass is 415 g/mol. The maximum atomic E-state index is 12.7. The van der Waals surface area contributed by atoms with Gasteiger partial charge in [-0.3, -0.25) is 9.89 Å². The molecule has 0 atom stereocenters. The van der Waals surface area contributed by atoms with E-state index in [9.17, 15) is 4.79 Å². The Morgan fingerprint density at radius 2 is 1.90 bits per heavy atom. The molecule has 5 rings (SSSR count). The highest BCUT2D eigenvalue weighted by Gasteiger charge is 2.18. The summed E-state index contributed by atoms with van der Waals surface area (Å²) >= 11 is 0. The molecule has 31 heavy (non-hydrogen) atoms. The first-order chi connectivity index (χ1) is 15.1. The van der Waals surface area contributed by atoms with Crippen LogP contribution in [0.15, 0.2) is 54.6 Å². The third kappa shape index (κ3) is 3.52. The number of fused-ring (bicyclic) bond motifs is 1. The van der Waals surface area contributed by atoms with Crippen molar-refractivity contribution in [3.63, 3.8) is 0 Å². The Bertz CT molecular complexity index is 1260. The van der Waals surface area contributed by atoms with Crippen LogP contribution in [0.25, 0.3) is 16.9 Å². The summed E-state index contributed by atoms with van der Waals surface area (Å²) in [7, 11) is 0. The standard InChI is InChI=1S/C23H21N5O3/c1-14-18(15(2)28(27-14)17-6-4-3-5-7-17)12-24-23(29)20-11-19(25-26-20)16-8-9-21-22(10-16)31-13-30-21/h3-11H,12-13H2,1-2H3,(H,24,29)(H,25,26). The molecule has 2 aromatic heterocycles. The number of nitrogens with one attached hydrogen (secondary N) is 2. The molecule has 156 valence electrons. The van der Waals surface area contributed by atoms with E-state index in [4.69, 9.17) is 9.47 Å². The molecule has 8 nitrogen and oxygen atoms in total. The summed E-state index contributed by atoms with van der Waals surface area (Å²) in [5.41, 5.74) is 5.75. The number of nitrogens with zero attached hydrogens (tertiary/aromatic N) is 3. The summed E-state index contributed by atoms with van der Waals surface area (Å²) in [6, 6.07) is 17.2. The molecule has 0 fully saturated rings. The summed E-state index contributed by atoms with van der Waals surface area (Å²) in [5, 5.41) is 14.7. The number of carbonyl (C=O) groups is 1. The molecule has 4 aromatic rings. The third-order valence-corrected chi connectivity index (χ3v) is 5.36. The number of amides is 1. The lowest BCUT2D eigenvalue weighted by atomic mass is 10.1. The molecule has 0 unspecified atom stereocenters. The first-order valence-corrected chi connectivity index (χ1v) is 9.94. The van der Waals surface area contributed by atoms with Gasteiger partial charge in [-0.05, 0) is 50.2 Å². The molecular formula is C23H21N5O3. The van der Waals surface area contributed by atoms with Crippen LogP contribution in [0.2, 0.25) is 0 Å². The van der Waals surface area contributed by atoms with Gasteiger partial charge in [0.1, 0.15) is 5.69 Å². The van der Waals surface area contributed by atoms with E-state index in [0.29, 0.717) is 29.4 Å². The van der Waals surface area contributed by atoms with Crippen LogP contribution in [0.1, 0.15) is 27.4 Å². The quantitative estimate of drug-likeness (QED) is 0.520. The van der Waals surface area contributed by atoms with Crippen LogP contribution < -0.4 is 14.8 Å². The smallest absolute Gasteiger partial charge is 0.269 e. The fraction of sp³-hybridized carbons (Fsp3) is 0.174. The maximum absolute atomic E-state index is 12.7. The molecule has 3 heterocycles. The minimum Gasteiger partial charge on any atom is -0.454 e. The Labute approximate surface area is 178 Å². The molecule has 8 heteroatoms. The number of benzene rings is 2. The van der Waals surface area contributed by atoms with Crippen molar-refractivity contribution >= 4 is 5.91 Å². The molecule has 1 aliphatic rings. The van der Waals surface area contributed by atoms with Gasteiger partial charge in [-0.2, -0.15) is 10.2 Å². The number of hydrogen-bond acceptors (Lipinski definition) is 5. The van der Waals surface area contributed by atoms with Crippen molar-refractivity contribution in [2.75, 3.05) is 6.79 Å². The first-order valence-electron chi connectivity index (χ1n) is 9.94. The second-order valence-corrected chi connectivity index (χ2v) is 7.31. The van der Waals surface area contributed by atoms with Gasteiger partial charge < -0.3 is 14.8 Å². The number of carbonyl (C=O) groups excluding carboxylic acids is 1. The van der Waals surface area contributed by atoms with E-state index < -0.39 is 0 Å². The number of H-pyrrole nitrogens is 1. The predicted octanol–water partition coefficient (Wildman–Crippen LogP) is 3.54.